The summed E-state index contributed by atoms with van der Waals surface area (Å²) in [5.74, 6) is -3.44. The lowest BCUT2D eigenvalue weighted by atomic mass is 9.91. The Labute approximate surface area is 292 Å². The van der Waals surface area contributed by atoms with E-state index in [0.29, 0.717) is 42.4 Å². The molecule has 0 radical (unpaired) electrons. The zero-order valence-corrected chi connectivity index (χ0v) is 29.9. The number of methoxy groups -OCH3 is 2. The van der Waals surface area contributed by atoms with Crippen LogP contribution >= 0.6 is 0 Å². The molecule has 2 aromatic carbocycles. The van der Waals surface area contributed by atoms with Crippen LogP contribution in [-0.4, -0.2) is 54.4 Å². The van der Waals surface area contributed by atoms with E-state index in [4.69, 9.17) is 9.47 Å². The Kier molecular flexibility index (Phi) is 16.0. The molecule has 0 bridgehead atoms. The lowest BCUT2D eigenvalue weighted by molar-refractivity contribution is -0.277. The molecular formula is C39H49F3O8. The number of rotatable bonds is 18. The number of Topliss-reactive ketones (excluding diaryl/α,β-unsaturated/α-hetero) is 1. The standard InChI is InChI=1S/C39H49F3O8/c1-25(2)21-33(50-37(47)38(49-7,39(40,41)42)31-17-9-8-10-18-31)35(45)28(5)16-12-15-26(3)13-11-14-27(4)19-20-29-22-32(43)23-30(36(29)46)24-34(44)48-6/h8-10,13,17-19,21-23,28,33,43,46H,11-12,14-16,20,24H2,1-7H3/b26-13+,27-19+/t28?,33-,38+/m0/s1. The molecular weight excluding hydrogens is 653 g/mol. The topological polar surface area (TPSA) is 119 Å². The minimum absolute atomic E-state index is 0.0524. The number of aromatic hydroxyl groups is 2. The Morgan fingerprint density at radius 3 is 2.10 bits per heavy atom. The average molecular weight is 703 g/mol. The van der Waals surface area contributed by atoms with Gasteiger partial charge in [0.2, 0.25) is 0 Å². The molecule has 0 aliphatic carbocycles. The molecule has 0 fully saturated rings. The number of hydrogen-bond acceptors (Lipinski definition) is 8. The molecule has 0 saturated heterocycles. The third kappa shape index (κ3) is 11.6. The van der Waals surface area contributed by atoms with Gasteiger partial charge in [0.05, 0.1) is 13.5 Å². The van der Waals surface area contributed by atoms with E-state index >= 15 is 0 Å². The second-order valence-electron chi connectivity index (χ2n) is 12.7. The quantitative estimate of drug-likeness (QED) is 0.0904. The number of phenolic OH excluding ortho intramolecular Hbond substituents is 2. The first-order valence-electron chi connectivity index (χ1n) is 16.5. The van der Waals surface area contributed by atoms with Gasteiger partial charge < -0.3 is 24.4 Å². The molecule has 0 aliphatic rings. The number of esters is 2. The molecule has 2 N–H and O–H groups in total. The van der Waals surface area contributed by atoms with Crippen molar-refractivity contribution < 1.29 is 52.0 Å². The van der Waals surface area contributed by atoms with Crippen molar-refractivity contribution in [3.8, 4) is 11.5 Å². The first kappa shape index (κ1) is 41.8. The third-order valence-electron chi connectivity index (χ3n) is 8.38. The first-order valence-corrected chi connectivity index (χ1v) is 16.5. The van der Waals surface area contributed by atoms with Crippen molar-refractivity contribution in [2.24, 2.45) is 5.92 Å². The van der Waals surface area contributed by atoms with E-state index in [9.17, 15) is 37.8 Å². The zero-order chi connectivity index (χ0) is 37.6. The number of benzene rings is 2. The van der Waals surface area contributed by atoms with Crippen LogP contribution in [0.2, 0.25) is 0 Å². The zero-order valence-electron chi connectivity index (χ0n) is 29.9. The number of halogens is 3. The summed E-state index contributed by atoms with van der Waals surface area (Å²) in [5.41, 5.74) is -0.285. The minimum Gasteiger partial charge on any atom is -0.508 e. The number of ether oxygens (including phenoxy) is 3. The first-order chi connectivity index (χ1) is 23.5. The number of ketones is 1. The lowest BCUT2D eigenvalue weighted by Gasteiger charge is -2.33. The predicted molar refractivity (Wildman–Crippen MR) is 184 cm³/mol. The van der Waals surface area contributed by atoms with E-state index in [0.717, 1.165) is 43.2 Å². The molecule has 274 valence electrons. The van der Waals surface area contributed by atoms with Crippen LogP contribution in [0.1, 0.15) is 83.4 Å². The molecule has 0 heterocycles. The average Bonchev–Trinajstić information content (AvgIpc) is 3.04. The summed E-state index contributed by atoms with van der Waals surface area (Å²) in [4.78, 5) is 38.3. The van der Waals surface area contributed by atoms with Crippen molar-refractivity contribution in [2.45, 2.75) is 97.4 Å². The number of hydrogen-bond donors (Lipinski definition) is 2. The van der Waals surface area contributed by atoms with Gasteiger partial charge >= 0.3 is 18.1 Å². The van der Waals surface area contributed by atoms with Crippen LogP contribution in [-0.2, 0) is 47.0 Å². The second kappa shape index (κ2) is 19.1. The molecule has 0 aliphatic heterocycles. The molecule has 2 aromatic rings. The van der Waals surface area contributed by atoms with Crippen LogP contribution < -0.4 is 0 Å². The van der Waals surface area contributed by atoms with Gasteiger partial charge in [-0.25, -0.2) is 4.79 Å². The van der Waals surface area contributed by atoms with Gasteiger partial charge in [0.25, 0.3) is 5.60 Å². The Hall–Kier alpha value is -4.38. The smallest absolute Gasteiger partial charge is 0.432 e. The highest BCUT2D eigenvalue weighted by Crippen LogP contribution is 2.43. The summed E-state index contributed by atoms with van der Waals surface area (Å²) in [7, 11) is 2.03. The maximum Gasteiger partial charge on any atom is 0.432 e. The van der Waals surface area contributed by atoms with Gasteiger partial charge in [-0.1, -0.05) is 66.1 Å². The van der Waals surface area contributed by atoms with E-state index in [-0.39, 0.29) is 17.9 Å². The lowest BCUT2D eigenvalue weighted by Crippen LogP contribution is -2.53. The number of phenols is 2. The highest BCUT2D eigenvalue weighted by molar-refractivity contribution is 5.91. The Morgan fingerprint density at radius 2 is 1.52 bits per heavy atom. The van der Waals surface area contributed by atoms with Crippen LogP contribution in [0.3, 0.4) is 0 Å². The summed E-state index contributed by atoms with van der Waals surface area (Å²) in [6.07, 6.45) is 2.21. The van der Waals surface area contributed by atoms with Crippen LogP contribution in [0, 0.1) is 5.92 Å². The van der Waals surface area contributed by atoms with Crippen molar-refractivity contribution in [1.29, 1.82) is 0 Å². The fourth-order valence-corrected chi connectivity index (χ4v) is 5.47. The number of carbonyl (C=O) groups is 3. The predicted octanol–water partition coefficient (Wildman–Crippen LogP) is 8.39. The Balaban J connectivity index is 1.99. The van der Waals surface area contributed by atoms with Crippen LogP contribution in [0.25, 0.3) is 0 Å². The van der Waals surface area contributed by atoms with Gasteiger partial charge in [0.15, 0.2) is 11.9 Å². The number of carbonyl (C=O) groups excluding carboxylic acids is 3. The monoisotopic (exact) mass is 702 g/mol. The molecule has 0 spiro atoms. The van der Waals surface area contributed by atoms with Gasteiger partial charge in [0, 0.05) is 29.7 Å². The van der Waals surface area contributed by atoms with Gasteiger partial charge in [-0.05, 0) is 84.4 Å². The molecule has 50 heavy (non-hydrogen) atoms. The minimum atomic E-state index is -5.16. The van der Waals surface area contributed by atoms with Crippen molar-refractivity contribution in [3.63, 3.8) is 0 Å². The highest BCUT2D eigenvalue weighted by atomic mass is 19.4. The van der Waals surface area contributed by atoms with E-state index in [1.165, 1.54) is 43.5 Å². The summed E-state index contributed by atoms with van der Waals surface area (Å²) >= 11 is 0. The van der Waals surface area contributed by atoms with Crippen molar-refractivity contribution in [3.05, 3.63) is 94.1 Å². The molecule has 0 amide bonds. The van der Waals surface area contributed by atoms with Crippen molar-refractivity contribution in [2.75, 3.05) is 14.2 Å². The molecule has 0 saturated carbocycles. The van der Waals surface area contributed by atoms with E-state index in [1.54, 1.807) is 20.8 Å². The van der Waals surface area contributed by atoms with E-state index in [1.807, 2.05) is 19.9 Å². The normalized spacial score (nSPS) is 14.7. The summed E-state index contributed by atoms with van der Waals surface area (Å²) < 4.78 is 57.9. The molecule has 0 aromatic heterocycles. The Morgan fingerprint density at radius 1 is 0.900 bits per heavy atom. The van der Waals surface area contributed by atoms with Crippen molar-refractivity contribution in [1.82, 2.24) is 0 Å². The second-order valence-corrected chi connectivity index (χ2v) is 12.7. The van der Waals surface area contributed by atoms with Gasteiger partial charge in [0.1, 0.15) is 11.5 Å². The fourth-order valence-electron chi connectivity index (χ4n) is 5.47. The maximum atomic E-state index is 14.4. The molecule has 3 atom stereocenters. The van der Waals surface area contributed by atoms with Crippen LogP contribution in [0.15, 0.2) is 77.4 Å². The number of alkyl halides is 3. The van der Waals surface area contributed by atoms with E-state index < -0.39 is 47.1 Å². The largest absolute Gasteiger partial charge is 0.508 e. The van der Waals surface area contributed by atoms with Crippen molar-refractivity contribution >= 4 is 17.7 Å². The van der Waals surface area contributed by atoms with Crippen LogP contribution in [0.5, 0.6) is 11.5 Å². The van der Waals surface area contributed by atoms with Gasteiger partial charge in [-0.3, -0.25) is 9.59 Å². The fraction of sp³-hybridized carbons (Fsp3) is 0.462. The molecule has 11 heteroatoms. The molecule has 1 unspecified atom stereocenters. The van der Waals surface area contributed by atoms with Crippen LogP contribution in [0.4, 0.5) is 13.2 Å². The summed E-state index contributed by atoms with van der Waals surface area (Å²) in [6, 6.07) is 9.27. The van der Waals surface area contributed by atoms with E-state index in [2.05, 4.69) is 10.8 Å². The van der Waals surface area contributed by atoms with Gasteiger partial charge in [-0.2, -0.15) is 13.2 Å². The van der Waals surface area contributed by atoms with Gasteiger partial charge in [-0.15, -0.1) is 0 Å². The highest BCUT2D eigenvalue weighted by Gasteiger charge is 2.64. The summed E-state index contributed by atoms with van der Waals surface area (Å²) in [5, 5.41) is 20.6. The summed E-state index contributed by atoms with van der Waals surface area (Å²) in [6.45, 7) is 8.94. The number of allylic oxidation sites excluding steroid dienone is 5. The third-order valence-corrected chi connectivity index (χ3v) is 8.38. The maximum absolute atomic E-state index is 14.4. The molecule has 8 nitrogen and oxygen atoms in total. The Bertz CT molecular complexity index is 1550. The SMILES string of the molecule is COC(=O)Cc1cc(O)cc(C/C=C(\C)CC/C=C(\C)CCCC(C)C(=O)[C@H](C=C(C)C)OC(=O)[C@](OC)(c2ccccc2)C(F)(F)F)c1O. The molecule has 2 rings (SSSR count).